The fourth-order valence-electron chi connectivity index (χ4n) is 4.07. The lowest BCUT2D eigenvalue weighted by molar-refractivity contribution is -0.120. The van der Waals surface area contributed by atoms with Crippen LogP contribution in [0.3, 0.4) is 0 Å². The van der Waals surface area contributed by atoms with Gasteiger partial charge in [0.15, 0.2) is 0 Å². The number of sulfonamides is 1. The number of hydrogen-bond acceptors (Lipinski definition) is 4. The zero-order chi connectivity index (χ0) is 26.6. The lowest BCUT2D eigenvalue weighted by Crippen LogP contribution is -2.41. The first-order chi connectivity index (χ1) is 16.9. The average molecular weight is 529 g/mol. The summed E-state index contributed by atoms with van der Waals surface area (Å²) in [6.07, 6.45) is 0. The zero-order valence-corrected chi connectivity index (χ0v) is 23.1. The monoisotopic (exact) mass is 528 g/mol. The number of methoxy groups -OCH3 is 1. The molecule has 0 heterocycles. The number of benzene rings is 3. The molecule has 0 bridgehead atoms. The van der Waals surface area contributed by atoms with Crippen molar-refractivity contribution in [2.24, 2.45) is 0 Å². The largest absolute Gasteiger partial charge is 0.496 e. The Bertz CT molecular complexity index is 1320. The summed E-state index contributed by atoms with van der Waals surface area (Å²) in [5, 5.41) is 3.41. The summed E-state index contributed by atoms with van der Waals surface area (Å²) in [6, 6.07) is 16.6. The molecule has 1 amide bonds. The van der Waals surface area contributed by atoms with Crippen molar-refractivity contribution in [1.29, 1.82) is 0 Å². The van der Waals surface area contributed by atoms with Crippen LogP contribution in [0, 0.1) is 13.8 Å². The quantitative estimate of drug-likeness (QED) is 0.361. The maximum atomic E-state index is 13.6. The van der Waals surface area contributed by atoms with E-state index in [9.17, 15) is 13.2 Å². The van der Waals surface area contributed by atoms with Crippen LogP contribution in [-0.2, 0) is 14.8 Å². The van der Waals surface area contributed by atoms with E-state index in [-0.39, 0.29) is 23.4 Å². The number of aryl methyl sites for hydroxylation is 2. The van der Waals surface area contributed by atoms with E-state index in [1.54, 1.807) is 19.2 Å². The van der Waals surface area contributed by atoms with E-state index in [4.69, 9.17) is 16.3 Å². The molecule has 6 nitrogen and oxygen atoms in total. The molecule has 0 unspecified atom stereocenters. The first-order valence-electron chi connectivity index (χ1n) is 11.8. The van der Waals surface area contributed by atoms with Crippen LogP contribution in [0.2, 0.25) is 5.02 Å². The number of nitrogens with zero attached hydrogens (tertiary/aromatic N) is 1. The molecule has 0 spiro atoms. The maximum Gasteiger partial charge on any atom is 0.264 e. The lowest BCUT2D eigenvalue weighted by atomic mass is 9.93. The van der Waals surface area contributed by atoms with Crippen LogP contribution in [0.1, 0.15) is 55.0 Å². The second-order valence-corrected chi connectivity index (χ2v) is 11.5. The highest BCUT2D eigenvalue weighted by Gasteiger charge is 2.28. The fourth-order valence-corrected chi connectivity index (χ4v) is 5.61. The molecule has 0 radical (unpaired) electrons. The molecule has 3 aromatic carbocycles. The summed E-state index contributed by atoms with van der Waals surface area (Å²) < 4.78 is 33.8. The highest BCUT2D eigenvalue weighted by Crippen LogP contribution is 2.32. The van der Waals surface area contributed by atoms with Gasteiger partial charge in [-0.25, -0.2) is 8.42 Å². The Labute approximate surface area is 219 Å². The van der Waals surface area contributed by atoms with Gasteiger partial charge < -0.3 is 10.1 Å². The van der Waals surface area contributed by atoms with E-state index >= 15 is 0 Å². The van der Waals surface area contributed by atoms with E-state index in [1.807, 2.05) is 45.0 Å². The van der Waals surface area contributed by atoms with E-state index in [0.29, 0.717) is 10.7 Å². The molecule has 1 atom stereocenters. The van der Waals surface area contributed by atoms with E-state index < -0.39 is 15.9 Å². The van der Waals surface area contributed by atoms with Crippen molar-refractivity contribution < 1.29 is 17.9 Å². The van der Waals surface area contributed by atoms with Gasteiger partial charge in [-0.1, -0.05) is 43.1 Å². The van der Waals surface area contributed by atoms with Gasteiger partial charge in [0.25, 0.3) is 10.0 Å². The van der Waals surface area contributed by atoms with Gasteiger partial charge in [0, 0.05) is 5.02 Å². The van der Waals surface area contributed by atoms with Crippen molar-refractivity contribution in [3.05, 3.63) is 87.9 Å². The molecule has 3 rings (SSSR count). The summed E-state index contributed by atoms with van der Waals surface area (Å²) >= 11 is 5.96. The highest BCUT2D eigenvalue weighted by atomic mass is 35.5. The summed E-state index contributed by atoms with van der Waals surface area (Å²) in [7, 11) is -2.37. The lowest BCUT2D eigenvalue weighted by Gasteiger charge is -2.26. The molecule has 0 saturated heterocycles. The predicted octanol–water partition coefficient (Wildman–Crippen LogP) is 6.16. The molecule has 0 fully saturated rings. The zero-order valence-electron chi connectivity index (χ0n) is 21.5. The number of rotatable bonds is 9. The van der Waals surface area contributed by atoms with Crippen LogP contribution >= 0.6 is 11.6 Å². The fraction of sp³-hybridized carbons (Fsp3) is 0.321. The van der Waals surface area contributed by atoms with Crippen molar-refractivity contribution in [2.75, 3.05) is 18.0 Å². The van der Waals surface area contributed by atoms with Gasteiger partial charge in [0.2, 0.25) is 5.91 Å². The van der Waals surface area contributed by atoms with Gasteiger partial charge in [0.05, 0.1) is 23.7 Å². The molecule has 0 aliphatic rings. The third kappa shape index (κ3) is 6.20. The Morgan fingerprint density at radius 3 is 2.14 bits per heavy atom. The standard InChI is InChI=1S/C28H33ClN2O4S/c1-18(2)25-16-26(20(4)15-27(25)35-6)21(5)30-28(32)17-31(23-11-7-19(3)8-12-23)36(33,34)24-13-9-22(29)10-14-24/h7-16,18,21H,17H2,1-6H3,(H,30,32)/t21-/m0/s1. The summed E-state index contributed by atoms with van der Waals surface area (Å²) in [5.41, 5.74) is 4.37. The summed E-state index contributed by atoms with van der Waals surface area (Å²) in [4.78, 5) is 13.3. The molecule has 0 aliphatic carbocycles. The van der Waals surface area contributed by atoms with Crippen molar-refractivity contribution in [1.82, 2.24) is 5.32 Å². The topological polar surface area (TPSA) is 75.7 Å². The number of hydrogen-bond donors (Lipinski definition) is 1. The summed E-state index contributed by atoms with van der Waals surface area (Å²) in [5.74, 6) is 0.634. The third-order valence-corrected chi connectivity index (χ3v) is 8.14. The Hall–Kier alpha value is -3.03. The normalized spacial score (nSPS) is 12.3. The number of carbonyl (C=O) groups is 1. The molecule has 0 saturated carbocycles. The predicted molar refractivity (Wildman–Crippen MR) is 146 cm³/mol. The van der Waals surface area contributed by atoms with Gasteiger partial charge >= 0.3 is 0 Å². The van der Waals surface area contributed by atoms with Crippen molar-refractivity contribution in [2.45, 2.75) is 51.5 Å². The van der Waals surface area contributed by atoms with Crippen molar-refractivity contribution in [3.63, 3.8) is 0 Å². The minimum absolute atomic E-state index is 0.0564. The Kier molecular flexibility index (Phi) is 8.69. The van der Waals surface area contributed by atoms with Crippen LogP contribution in [0.5, 0.6) is 5.75 Å². The Morgan fingerprint density at radius 2 is 1.58 bits per heavy atom. The van der Waals surface area contributed by atoms with Crippen LogP contribution in [0.25, 0.3) is 0 Å². The molecule has 0 aromatic heterocycles. The van der Waals surface area contributed by atoms with Crippen molar-refractivity contribution in [3.8, 4) is 5.75 Å². The number of ether oxygens (including phenoxy) is 1. The summed E-state index contributed by atoms with van der Waals surface area (Å²) in [6.45, 7) is 9.57. The van der Waals surface area contributed by atoms with Gasteiger partial charge in [-0.15, -0.1) is 0 Å². The number of amides is 1. The third-order valence-electron chi connectivity index (χ3n) is 6.10. The Morgan fingerprint density at radius 1 is 0.972 bits per heavy atom. The smallest absolute Gasteiger partial charge is 0.264 e. The van der Waals surface area contributed by atoms with Crippen LogP contribution < -0.4 is 14.4 Å². The maximum absolute atomic E-state index is 13.6. The first-order valence-corrected chi connectivity index (χ1v) is 13.6. The molecule has 1 N–H and O–H groups in total. The van der Waals surface area contributed by atoms with Gasteiger partial charge in [-0.05, 0) is 91.9 Å². The number of carbonyl (C=O) groups excluding carboxylic acids is 1. The average Bonchev–Trinajstić information content (AvgIpc) is 2.82. The van der Waals surface area contributed by atoms with Gasteiger partial charge in [0.1, 0.15) is 12.3 Å². The molecule has 36 heavy (non-hydrogen) atoms. The van der Waals surface area contributed by atoms with Crippen molar-refractivity contribution >= 4 is 33.2 Å². The van der Waals surface area contributed by atoms with Gasteiger partial charge in [-0.2, -0.15) is 0 Å². The minimum atomic E-state index is -4.02. The molecule has 192 valence electrons. The first kappa shape index (κ1) is 27.6. The van der Waals surface area contributed by atoms with Crippen LogP contribution in [0.4, 0.5) is 5.69 Å². The van der Waals surface area contributed by atoms with E-state index in [0.717, 1.165) is 32.3 Å². The van der Waals surface area contributed by atoms with E-state index in [1.165, 1.54) is 24.3 Å². The van der Waals surface area contributed by atoms with Crippen LogP contribution in [-0.4, -0.2) is 28.0 Å². The second kappa shape index (κ2) is 11.4. The Balaban J connectivity index is 1.91. The van der Waals surface area contributed by atoms with Crippen LogP contribution in [0.15, 0.2) is 65.6 Å². The molecule has 0 aliphatic heterocycles. The van der Waals surface area contributed by atoms with Gasteiger partial charge in [-0.3, -0.25) is 9.10 Å². The second-order valence-electron chi connectivity index (χ2n) is 9.20. The molecule has 8 heteroatoms. The SMILES string of the molecule is COc1cc(C)c([C@H](C)NC(=O)CN(c2ccc(C)cc2)S(=O)(=O)c2ccc(Cl)cc2)cc1C(C)C. The highest BCUT2D eigenvalue weighted by molar-refractivity contribution is 7.92. The molecular weight excluding hydrogens is 496 g/mol. The number of anilines is 1. The van der Waals surface area contributed by atoms with E-state index in [2.05, 4.69) is 19.2 Å². The number of halogens is 1. The minimum Gasteiger partial charge on any atom is -0.496 e. The molecule has 3 aromatic rings. The molecular formula is C28H33ClN2O4S. The number of nitrogens with one attached hydrogen (secondary N) is 1.